The van der Waals surface area contributed by atoms with Crippen molar-refractivity contribution in [3.8, 4) is 0 Å². The molecule has 0 aromatic rings. The van der Waals surface area contributed by atoms with Crippen molar-refractivity contribution in [2.75, 3.05) is 0 Å². The van der Waals surface area contributed by atoms with Crippen LogP contribution in [0.4, 0.5) is 0 Å². The maximum atomic E-state index is 11.2. The number of carbonyl (C=O) groups is 1. The molecule has 160 valence electrons. The van der Waals surface area contributed by atoms with Gasteiger partial charge < -0.3 is 20.1 Å². The Morgan fingerprint density at radius 1 is 1.03 bits per heavy atom. The molecule has 0 aromatic heterocycles. The van der Waals surface area contributed by atoms with E-state index in [1.165, 1.54) is 25.7 Å². The van der Waals surface area contributed by atoms with E-state index < -0.39 is 5.97 Å². The van der Waals surface area contributed by atoms with Crippen LogP contribution in [0.3, 0.4) is 0 Å². The Kier molecular flexibility index (Phi) is 7.24. The van der Waals surface area contributed by atoms with Crippen LogP contribution in [0.15, 0.2) is 0 Å². The van der Waals surface area contributed by atoms with Gasteiger partial charge in [0.1, 0.15) is 0 Å². The third-order valence-electron chi connectivity index (χ3n) is 10.2. The maximum absolute atomic E-state index is 11.2. The van der Waals surface area contributed by atoms with Crippen molar-refractivity contribution in [3.05, 3.63) is 0 Å². The maximum Gasteiger partial charge on any atom is 1.00 e. The van der Waals surface area contributed by atoms with Gasteiger partial charge in [-0.05, 0) is 111 Å². The van der Waals surface area contributed by atoms with E-state index in [0.29, 0.717) is 41.9 Å². The Hall–Kier alpha value is 0.390. The predicted octanol–water partition coefficient (Wildman–Crippen LogP) is 0.147. The summed E-state index contributed by atoms with van der Waals surface area (Å²) in [6, 6.07) is 0. The fourth-order valence-corrected chi connectivity index (χ4v) is 8.72. The van der Waals surface area contributed by atoms with Gasteiger partial charge in [0, 0.05) is 5.97 Å². The van der Waals surface area contributed by atoms with Crippen LogP contribution < -0.4 is 34.7 Å². The number of fused-ring (bicyclic) bond motifs is 5. The Bertz CT molecular complexity index is 612. The van der Waals surface area contributed by atoms with E-state index in [1.54, 1.807) is 0 Å². The minimum atomic E-state index is -0.934. The molecule has 4 saturated carbocycles. The molecule has 0 spiro atoms. The monoisotopic (exact) mass is 414 g/mol. The van der Waals surface area contributed by atoms with Gasteiger partial charge in [0.25, 0.3) is 0 Å². The van der Waals surface area contributed by atoms with Crippen molar-refractivity contribution in [3.63, 3.8) is 0 Å². The molecule has 5 heteroatoms. The number of hydrogen-bond acceptors (Lipinski definition) is 4. The smallest absolute Gasteiger partial charge is 0.550 e. The molecule has 0 saturated heterocycles. The van der Waals surface area contributed by atoms with Gasteiger partial charge in [-0.2, -0.15) is 0 Å². The molecule has 10 atom stereocenters. The Balaban J connectivity index is 0.00000240. The number of carboxylic acid groups (broad SMARTS) is 1. The van der Waals surface area contributed by atoms with Crippen molar-refractivity contribution in [1.82, 2.24) is 0 Å². The minimum Gasteiger partial charge on any atom is -0.550 e. The second-order valence-electron chi connectivity index (χ2n) is 11.3. The molecule has 0 aliphatic heterocycles. The van der Waals surface area contributed by atoms with Crippen molar-refractivity contribution in [2.45, 2.75) is 97.2 Å². The average Bonchev–Trinajstić information content (AvgIpc) is 2.98. The zero-order valence-corrected chi connectivity index (χ0v) is 20.9. The molecule has 2 N–H and O–H groups in total. The number of aliphatic hydroxyl groups excluding tert-OH is 2. The largest absolute Gasteiger partial charge is 1.00 e. The van der Waals surface area contributed by atoms with Crippen LogP contribution in [0.2, 0.25) is 0 Å². The average molecular weight is 415 g/mol. The molecule has 4 aliphatic carbocycles. The second kappa shape index (κ2) is 8.73. The normalized spacial score (nSPS) is 49.9. The summed E-state index contributed by atoms with van der Waals surface area (Å²) in [4.78, 5) is 10.9. The van der Waals surface area contributed by atoms with E-state index in [1.807, 2.05) is 0 Å². The third kappa shape index (κ3) is 3.99. The zero-order valence-electron chi connectivity index (χ0n) is 18.9. The van der Waals surface area contributed by atoms with E-state index in [2.05, 4.69) is 20.8 Å². The van der Waals surface area contributed by atoms with Crippen molar-refractivity contribution in [2.24, 2.45) is 46.3 Å². The van der Waals surface area contributed by atoms with E-state index in [9.17, 15) is 20.1 Å². The van der Waals surface area contributed by atoms with Gasteiger partial charge in [-0.15, -0.1) is 0 Å². The number of carboxylic acids is 1. The molecule has 0 radical (unpaired) electrons. The van der Waals surface area contributed by atoms with Crippen molar-refractivity contribution < 1.29 is 49.7 Å². The Morgan fingerprint density at radius 2 is 1.69 bits per heavy atom. The quantitative estimate of drug-likeness (QED) is 0.642. The van der Waals surface area contributed by atoms with Gasteiger partial charge >= 0.3 is 29.6 Å². The summed E-state index contributed by atoms with van der Waals surface area (Å²) in [5, 5.41) is 32.4. The summed E-state index contributed by atoms with van der Waals surface area (Å²) in [6.45, 7) is 7.11. The molecule has 4 aliphatic rings. The minimum absolute atomic E-state index is 0. The molecule has 4 unspecified atom stereocenters. The van der Waals surface area contributed by atoms with E-state index >= 15 is 0 Å². The fourth-order valence-electron chi connectivity index (χ4n) is 8.72. The number of rotatable bonds is 4. The summed E-state index contributed by atoms with van der Waals surface area (Å²) in [5.41, 5.74) is 0.494. The topological polar surface area (TPSA) is 80.6 Å². The van der Waals surface area contributed by atoms with Gasteiger partial charge in [0.2, 0.25) is 0 Å². The first kappa shape index (κ1) is 24.0. The number of carbonyl (C=O) groups excluding carboxylic acids is 1. The van der Waals surface area contributed by atoms with Gasteiger partial charge in [0.15, 0.2) is 0 Å². The van der Waals surface area contributed by atoms with Crippen LogP contribution in [0.5, 0.6) is 0 Å². The Labute approximate surface area is 198 Å². The molecule has 4 nitrogen and oxygen atoms in total. The molecular weight excluding hydrogens is 375 g/mol. The van der Waals surface area contributed by atoms with Crippen LogP contribution in [0, 0.1) is 46.3 Å². The third-order valence-corrected chi connectivity index (χ3v) is 10.2. The van der Waals surface area contributed by atoms with Gasteiger partial charge in [-0.1, -0.05) is 20.8 Å². The number of hydrogen-bond donors (Lipinski definition) is 2. The van der Waals surface area contributed by atoms with Crippen molar-refractivity contribution in [1.29, 1.82) is 0 Å². The molecule has 29 heavy (non-hydrogen) atoms. The predicted molar refractivity (Wildman–Crippen MR) is 106 cm³/mol. The number of aliphatic hydroxyl groups is 2. The molecule has 0 heterocycles. The summed E-state index contributed by atoms with van der Waals surface area (Å²) in [7, 11) is 0. The summed E-state index contributed by atoms with van der Waals surface area (Å²) >= 11 is 0. The Morgan fingerprint density at radius 3 is 2.38 bits per heavy atom. The first-order valence-corrected chi connectivity index (χ1v) is 11.7. The molecule has 4 fully saturated rings. The zero-order chi connectivity index (χ0) is 20.3. The first-order valence-electron chi connectivity index (χ1n) is 11.7. The standard InChI is InChI=1S/C24H40O4.Na/c1-14(4-7-21(27)28)17-5-6-18-22-19(9-11-24(17,18)3)23(2)10-8-16(25)12-15(23)13-20(22)26;/h14-20,22,25-26H,4-13H2,1-3H3,(H,27,28);/q;+1/p-1/t14-,15?,16+,17-,18?,19?,20+,22?,23+,24-;/m1./s1. The fraction of sp³-hybridized carbons (Fsp3) is 0.958. The molecule has 0 amide bonds. The van der Waals surface area contributed by atoms with Crippen LogP contribution >= 0.6 is 0 Å². The molecule has 0 aromatic carbocycles. The SMILES string of the molecule is C[C@H](CCC(=O)[O-])[C@H]1CCC2C3C(CC[C@@]21C)[C@@]1(C)CC[C@H](O)CC1C[C@@H]3O.[Na+]. The summed E-state index contributed by atoms with van der Waals surface area (Å²) in [6.07, 6.45) is 8.91. The van der Waals surface area contributed by atoms with Gasteiger partial charge in [-0.3, -0.25) is 0 Å². The van der Waals surface area contributed by atoms with Gasteiger partial charge in [0.05, 0.1) is 12.2 Å². The number of aliphatic carboxylic acids is 1. The van der Waals surface area contributed by atoms with E-state index in [-0.39, 0.29) is 59.0 Å². The molecule has 0 bridgehead atoms. The first-order chi connectivity index (χ1) is 13.2. The molecular formula is C24H39NaO4. The summed E-state index contributed by atoms with van der Waals surface area (Å²) in [5.74, 6) is 1.99. The van der Waals surface area contributed by atoms with Crippen LogP contribution in [-0.4, -0.2) is 28.4 Å². The van der Waals surface area contributed by atoms with E-state index in [4.69, 9.17) is 0 Å². The molecule has 4 rings (SSSR count). The van der Waals surface area contributed by atoms with Crippen LogP contribution in [0.1, 0.15) is 85.0 Å². The second-order valence-corrected chi connectivity index (χ2v) is 11.3. The van der Waals surface area contributed by atoms with Crippen LogP contribution in [-0.2, 0) is 4.79 Å². The van der Waals surface area contributed by atoms with Crippen molar-refractivity contribution >= 4 is 5.97 Å². The van der Waals surface area contributed by atoms with Crippen LogP contribution in [0.25, 0.3) is 0 Å². The summed E-state index contributed by atoms with van der Waals surface area (Å²) < 4.78 is 0. The van der Waals surface area contributed by atoms with Gasteiger partial charge in [-0.25, -0.2) is 0 Å². The van der Waals surface area contributed by atoms with E-state index in [0.717, 1.165) is 25.7 Å².